The van der Waals surface area contributed by atoms with Crippen LogP contribution in [0.4, 0.5) is 0 Å². The number of hydrogen-bond acceptors (Lipinski definition) is 3. The molecule has 1 aromatic heterocycles. The first-order valence-corrected chi connectivity index (χ1v) is 8.44. The first kappa shape index (κ1) is 20.0. The van der Waals surface area contributed by atoms with Gasteiger partial charge in [-0.05, 0) is 50.5 Å². The van der Waals surface area contributed by atoms with Gasteiger partial charge in [0.05, 0.1) is 5.69 Å². The lowest BCUT2D eigenvalue weighted by molar-refractivity contribution is -0.121. The SMILES string of the molecule is Cc1nn(CC(C)C)c(C)c1CCC(=O)NC(CN)C1CC1.Cl. The molecule has 1 atom stereocenters. The third kappa shape index (κ3) is 5.50. The van der Waals surface area contributed by atoms with Gasteiger partial charge in [-0.3, -0.25) is 9.48 Å². The maximum absolute atomic E-state index is 12.1. The van der Waals surface area contributed by atoms with Crippen molar-refractivity contribution in [3.05, 3.63) is 17.0 Å². The van der Waals surface area contributed by atoms with Gasteiger partial charge in [-0.2, -0.15) is 5.10 Å². The number of carbonyl (C=O) groups is 1. The van der Waals surface area contributed by atoms with Gasteiger partial charge in [-0.15, -0.1) is 12.4 Å². The lowest BCUT2D eigenvalue weighted by Crippen LogP contribution is -2.41. The number of nitrogens with two attached hydrogens (primary N) is 1. The Balaban J connectivity index is 0.00000264. The summed E-state index contributed by atoms with van der Waals surface area (Å²) in [7, 11) is 0. The molecular weight excluding hydrogens is 312 g/mol. The lowest BCUT2D eigenvalue weighted by atomic mass is 10.1. The third-order valence-corrected chi connectivity index (χ3v) is 4.46. The van der Waals surface area contributed by atoms with Crippen molar-refractivity contribution in [2.45, 2.75) is 66.0 Å². The molecule has 0 aromatic carbocycles. The Labute approximate surface area is 145 Å². The van der Waals surface area contributed by atoms with Crippen molar-refractivity contribution in [1.82, 2.24) is 15.1 Å². The molecule has 0 bridgehead atoms. The van der Waals surface area contributed by atoms with E-state index >= 15 is 0 Å². The van der Waals surface area contributed by atoms with E-state index in [1.807, 2.05) is 6.92 Å². The molecule has 1 fully saturated rings. The van der Waals surface area contributed by atoms with Gasteiger partial charge in [0, 0.05) is 31.2 Å². The van der Waals surface area contributed by atoms with Crippen molar-refractivity contribution in [3.8, 4) is 0 Å². The zero-order chi connectivity index (χ0) is 16.3. The Kier molecular flexibility index (Phi) is 7.55. The van der Waals surface area contributed by atoms with Crippen LogP contribution in [0.15, 0.2) is 0 Å². The molecule has 1 heterocycles. The van der Waals surface area contributed by atoms with Crippen molar-refractivity contribution >= 4 is 18.3 Å². The van der Waals surface area contributed by atoms with Gasteiger partial charge >= 0.3 is 0 Å². The highest BCUT2D eigenvalue weighted by Crippen LogP contribution is 2.32. The molecule has 2 rings (SSSR count). The summed E-state index contributed by atoms with van der Waals surface area (Å²) in [5, 5.41) is 7.69. The minimum Gasteiger partial charge on any atom is -0.352 e. The van der Waals surface area contributed by atoms with E-state index in [0.29, 0.717) is 24.8 Å². The molecular formula is C17H31ClN4O. The van der Waals surface area contributed by atoms with Crippen LogP contribution in [0.1, 0.15) is 50.1 Å². The van der Waals surface area contributed by atoms with E-state index in [-0.39, 0.29) is 24.4 Å². The molecule has 1 aliphatic carbocycles. The van der Waals surface area contributed by atoms with Crippen LogP contribution in [0, 0.1) is 25.7 Å². The van der Waals surface area contributed by atoms with Crippen LogP contribution in [0.25, 0.3) is 0 Å². The third-order valence-electron chi connectivity index (χ3n) is 4.46. The number of carbonyl (C=O) groups excluding carboxylic acids is 1. The molecule has 0 saturated heterocycles. The highest BCUT2D eigenvalue weighted by atomic mass is 35.5. The molecule has 1 amide bonds. The highest BCUT2D eigenvalue weighted by Gasteiger charge is 2.31. The Bertz CT molecular complexity index is 523. The van der Waals surface area contributed by atoms with Gasteiger partial charge in [-0.1, -0.05) is 13.8 Å². The van der Waals surface area contributed by atoms with Crippen molar-refractivity contribution in [1.29, 1.82) is 0 Å². The summed E-state index contributed by atoms with van der Waals surface area (Å²) in [6.07, 6.45) is 3.66. The monoisotopic (exact) mass is 342 g/mol. The van der Waals surface area contributed by atoms with Gasteiger partial charge in [0.1, 0.15) is 0 Å². The number of aryl methyl sites for hydroxylation is 1. The number of amides is 1. The van der Waals surface area contributed by atoms with Crippen LogP contribution in [0.3, 0.4) is 0 Å². The van der Waals surface area contributed by atoms with Crippen molar-refractivity contribution in [3.63, 3.8) is 0 Å². The molecule has 6 heteroatoms. The first-order valence-electron chi connectivity index (χ1n) is 8.44. The minimum atomic E-state index is 0. The molecule has 132 valence electrons. The molecule has 23 heavy (non-hydrogen) atoms. The summed E-state index contributed by atoms with van der Waals surface area (Å²) in [4.78, 5) is 12.1. The second-order valence-corrected chi connectivity index (χ2v) is 6.97. The second-order valence-electron chi connectivity index (χ2n) is 6.97. The quantitative estimate of drug-likeness (QED) is 0.761. The Hall–Kier alpha value is -1.07. The summed E-state index contributed by atoms with van der Waals surface area (Å²) in [5.41, 5.74) is 9.19. The van der Waals surface area contributed by atoms with E-state index in [0.717, 1.165) is 18.7 Å². The fourth-order valence-corrected chi connectivity index (χ4v) is 3.00. The smallest absolute Gasteiger partial charge is 0.220 e. The van der Waals surface area contributed by atoms with Crippen molar-refractivity contribution in [2.24, 2.45) is 17.6 Å². The molecule has 0 spiro atoms. The number of halogens is 1. The number of rotatable bonds is 8. The van der Waals surface area contributed by atoms with E-state index in [2.05, 4.69) is 35.9 Å². The van der Waals surface area contributed by atoms with Gasteiger partial charge < -0.3 is 11.1 Å². The second kappa shape index (κ2) is 8.69. The lowest BCUT2D eigenvalue weighted by Gasteiger charge is -2.16. The fraction of sp³-hybridized carbons (Fsp3) is 0.765. The summed E-state index contributed by atoms with van der Waals surface area (Å²) in [6.45, 7) is 9.98. The Morgan fingerprint density at radius 2 is 2.04 bits per heavy atom. The average Bonchev–Trinajstić information content (AvgIpc) is 3.24. The van der Waals surface area contributed by atoms with Crippen LogP contribution in [0.2, 0.25) is 0 Å². The summed E-state index contributed by atoms with van der Waals surface area (Å²) in [6, 6.07) is 0.165. The van der Waals surface area contributed by atoms with E-state index in [4.69, 9.17) is 5.73 Å². The van der Waals surface area contributed by atoms with E-state index < -0.39 is 0 Å². The maximum Gasteiger partial charge on any atom is 0.220 e. The van der Waals surface area contributed by atoms with Gasteiger partial charge in [0.15, 0.2) is 0 Å². The number of nitrogens with zero attached hydrogens (tertiary/aromatic N) is 2. The Morgan fingerprint density at radius 3 is 2.57 bits per heavy atom. The summed E-state index contributed by atoms with van der Waals surface area (Å²) >= 11 is 0. The number of nitrogens with one attached hydrogen (secondary N) is 1. The molecule has 0 aliphatic heterocycles. The first-order chi connectivity index (χ1) is 10.4. The zero-order valence-corrected chi connectivity index (χ0v) is 15.6. The standard InChI is InChI=1S/C17H30N4O.ClH/c1-11(2)10-21-13(4)15(12(3)20-21)7-8-17(22)19-16(9-18)14-5-6-14;/h11,14,16H,5-10,18H2,1-4H3,(H,19,22);1H. The number of aromatic nitrogens is 2. The van der Waals surface area contributed by atoms with E-state index in [1.54, 1.807) is 0 Å². The molecule has 5 nitrogen and oxygen atoms in total. The molecule has 1 unspecified atom stereocenters. The van der Waals surface area contributed by atoms with Crippen molar-refractivity contribution in [2.75, 3.05) is 6.54 Å². The van der Waals surface area contributed by atoms with E-state index in [9.17, 15) is 4.79 Å². The molecule has 1 aliphatic rings. The topological polar surface area (TPSA) is 72.9 Å². The zero-order valence-electron chi connectivity index (χ0n) is 14.8. The summed E-state index contributed by atoms with van der Waals surface area (Å²) < 4.78 is 2.07. The normalized spacial score (nSPS) is 15.4. The highest BCUT2D eigenvalue weighted by molar-refractivity contribution is 5.85. The van der Waals surface area contributed by atoms with Crippen molar-refractivity contribution < 1.29 is 4.79 Å². The van der Waals surface area contributed by atoms with E-state index in [1.165, 1.54) is 24.1 Å². The average molecular weight is 343 g/mol. The maximum atomic E-state index is 12.1. The van der Waals surface area contributed by atoms with Gasteiger partial charge in [0.25, 0.3) is 0 Å². The molecule has 0 radical (unpaired) electrons. The molecule has 1 aromatic rings. The van der Waals surface area contributed by atoms with Gasteiger partial charge in [-0.25, -0.2) is 0 Å². The molecule has 3 N–H and O–H groups in total. The molecule has 1 saturated carbocycles. The fourth-order valence-electron chi connectivity index (χ4n) is 3.00. The van der Waals surface area contributed by atoms with Crippen LogP contribution < -0.4 is 11.1 Å². The predicted molar refractivity (Wildman–Crippen MR) is 95.8 cm³/mol. The minimum absolute atomic E-state index is 0. The largest absolute Gasteiger partial charge is 0.352 e. The van der Waals surface area contributed by atoms with Crippen LogP contribution in [-0.4, -0.2) is 28.3 Å². The van der Waals surface area contributed by atoms with Crippen LogP contribution >= 0.6 is 12.4 Å². The Morgan fingerprint density at radius 1 is 1.39 bits per heavy atom. The number of hydrogen-bond donors (Lipinski definition) is 2. The summed E-state index contributed by atoms with van der Waals surface area (Å²) in [5.74, 6) is 1.28. The van der Waals surface area contributed by atoms with Crippen LogP contribution in [-0.2, 0) is 17.8 Å². The van der Waals surface area contributed by atoms with Crippen LogP contribution in [0.5, 0.6) is 0 Å². The predicted octanol–water partition coefficient (Wildman–Crippen LogP) is 2.36. The van der Waals surface area contributed by atoms with Gasteiger partial charge in [0.2, 0.25) is 5.91 Å².